The fourth-order valence-electron chi connectivity index (χ4n) is 4.14. The van der Waals surface area contributed by atoms with E-state index in [1.165, 1.54) is 48.2 Å². The first-order valence-electron chi connectivity index (χ1n) is 8.01. The van der Waals surface area contributed by atoms with Gasteiger partial charge >= 0.3 is 0 Å². The zero-order valence-electron chi connectivity index (χ0n) is 13.2. The summed E-state index contributed by atoms with van der Waals surface area (Å²) in [5.41, 5.74) is 3.95. The van der Waals surface area contributed by atoms with Gasteiger partial charge < -0.3 is 14.6 Å². The van der Waals surface area contributed by atoms with Gasteiger partial charge in [-0.1, -0.05) is 19.9 Å². The van der Waals surface area contributed by atoms with Crippen molar-refractivity contribution < 1.29 is 5.11 Å². The standard InChI is InChI=1S/C18H24N2O/c1-18(2,11-21)13-4-5-15-14(10-13)16-12-6-8-20(9-7-12)17(16)19(15)3/h4-5,10,12,21H,6-9,11H2,1-3H3. The Morgan fingerprint density at radius 3 is 2.62 bits per heavy atom. The van der Waals surface area contributed by atoms with Gasteiger partial charge in [0.1, 0.15) is 5.82 Å². The molecule has 3 aliphatic heterocycles. The lowest BCUT2D eigenvalue weighted by molar-refractivity contribution is 0.218. The van der Waals surface area contributed by atoms with Crippen LogP contribution in [-0.4, -0.2) is 29.4 Å². The summed E-state index contributed by atoms with van der Waals surface area (Å²) in [6.45, 7) is 6.81. The lowest BCUT2D eigenvalue weighted by atomic mass is 9.81. The highest BCUT2D eigenvalue weighted by molar-refractivity contribution is 5.92. The number of piperidine rings is 1. The Morgan fingerprint density at radius 1 is 1.24 bits per heavy atom. The Balaban J connectivity index is 1.99. The fourth-order valence-corrected chi connectivity index (χ4v) is 4.14. The normalized spacial score (nSPS) is 18.6. The minimum atomic E-state index is -0.176. The van der Waals surface area contributed by atoms with Crippen molar-refractivity contribution in [3.8, 4) is 0 Å². The summed E-state index contributed by atoms with van der Waals surface area (Å²) < 4.78 is 2.37. The van der Waals surface area contributed by atoms with Crippen molar-refractivity contribution in [2.75, 3.05) is 24.6 Å². The fraction of sp³-hybridized carbons (Fsp3) is 0.556. The molecule has 0 amide bonds. The topological polar surface area (TPSA) is 28.4 Å². The molecule has 0 saturated carbocycles. The molecule has 2 bridgehead atoms. The highest BCUT2D eigenvalue weighted by Crippen LogP contribution is 2.47. The number of hydrogen-bond donors (Lipinski definition) is 1. The summed E-state index contributed by atoms with van der Waals surface area (Å²) in [6.07, 6.45) is 2.58. The zero-order chi connectivity index (χ0) is 14.8. The molecular formula is C18H24N2O. The summed E-state index contributed by atoms with van der Waals surface area (Å²) in [5, 5.41) is 11.1. The van der Waals surface area contributed by atoms with Crippen molar-refractivity contribution in [3.05, 3.63) is 29.3 Å². The Bertz CT molecular complexity index is 706. The third kappa shape index (κ3) is 1.70. The van der Waals surface area contributed by atoms with Gasteiger partial charge in [0, 0.05) is 42.0 Å². The van der Waals surface area contributed by atoms with E-state index in [0.717, 1.165) is 5.92 Å². The van der Waals surface area contributed by atoms with Gasteiger partial charge in [-0.3, -0.25) is 0 Å². The van der Waals surface area contributed by atoms with E-state index >= 15 is 0 Å². The van der Waals surface area contributed by atoms with Crippen LogP contribution >= 0.6 is 0 Å². The van der Waals surface area contributed by atoms with Crippen molar-refractivity contribution in [1.82, 2.24) is 4.57 Å². The largest absolute Gasteiger partial charge is 0.395 e. The molecule has 2 aromatic rings. The van der Waals surface area contributed by atoms with Crippen LogP contribution in [-0.2, 0) is 12.5 Å². The first-order valence-corrected chi connectivity index (χ1v) is 8.01. The van der Waals surface area contributed by atoms with Crippen molar-refractivity contribution in [2.45, 2.75) is 38.0 Å². The van der Waals surface area contributed by atoms with Crippen LogP contribution in [0.3, 0.4) is 0 Å². The molecule has 3 heteroatoms. The second-order valence-corrected chi connectivity index (χ2v) is 7.33. The molecule has 1 aromatic carbocycles. The van der Waals surface area contributed by atoms with E-state index in [4.69, 9.17) is 0 Å². The molecule has 0 spiro atoms. The van der Waals surface area contributed by atoms with E-state index in [2.05, 4.69) is 48.6 Å². The minimum absolute atomic E-state index is 0.176. The third-order valence-electron chi connectivity index (χ3n) is 5.59. The Labute approximate surface area is 126 Å². The van der Waals surface area contributed by atoms with Gasteiger partial charge in [0.2, 0.25) is 0 Å². The summed E-state index contributed by atoms with van der Waals surface area (Å²) in [7, 11) is 2.19. The number of anilines is 1. The highest BCUT2D eigenvalue weighted by atomic mass is 16.3. The van der Waals surface area contributed by atoms with Gasteiger partial charge in [0.25, 0.3) is 0 Å². The number of aromatic nitrogens is 1. The quantitative estimate of drug-likeness (QED) is 0.917. The average molecular weight is 284 g/mol. The van der Waals surface area contributed by atoms with E-state index in [1.54, 1.807) is 5.56 Å². The van der Waals surface area contributed by atoms with Crippen LogP contribution in [0.4, 0.5) is 5.82 Å². The number of nitrogens with zero attached hydrogens (tertiary/aromatic N) is 2. The average Bonchev–Trinajstić information content (AvgIpc) is 2.84. The van der Waals surface area contributed by atoms with E-state index < -0.39 is 0 Å². The van der Waals surface area contributed by atoms with Crippen LogP contribution in [0.15, 0.2) is 18.2 Å². The predicted octanol–water partition coefficient (Wildman–Crippen LogP) is 3.15. The Morgan fingerprint density at radius 2 is 1.95 bits per heavy atom. The molecule has 0 aliphatic carbocycles. The molecule has 1 saturated heterocycles. The lowest BCUT2D eigenvalue weighted by Crippen LogP contribution is -2.39. The molecule has 0 unspecified atom stereocenters. The van der Waals surface area contributed by atoms with Crippen LogP contribution in [0.2, 0.25) is 0 Å². The van der Waals surface area contributed by atoms with Crippen LogP contribution in [0.5, 0.6) is 0 Å². The number of aliphatic hydroxyl groups is 1. The van der Waals surface area contributed by atoms with Crippen molar-refractivity contribution in [1.29, 1.82) is 0 Å². The van der Waals surface area contributed by atoms with Gasteiger partial charge in [-0.15, -0.1) is 0 Å². The number of hydrogen-bond acceptors (Lipinski definition) is 2. The van der Waals surface area contributed by atoms with E-state index in [1.807, 2.05) is 0 Å². The van der Waals surface area contributed by atoms with Gasteiger partial charge in [-0.25, -0.2) is 0 Å². The van der Waals surface area contributed by atoms with E-state index in [0.29, 0.717) is 0 Å². The first-order chi connectivity index (χ1) is 10.0. The second-order valence-electron chi connectivity index (χ2n) is 7.33. The summed E-state index contributed by atoms with van der Waals surface area (Å²) >= 11 is 0. The number of fused-ring (bicyclic) bond motifs is 3. The molecule has 5 rings (SSSR count). The molecule has 1 fully saturated rings. The van der Waals surface area contributed by atoms with Crippen molar-refractivity contribution >= 4 is 16.7 Å². The van der Waals surface area contributed by atoms with Gasteiger partial charge in [-0.05, 0) is 36.5 Å². The van der Waals surface area contributed by atoms with Crippen LogP contribution in [0.1, 0.15) is 43.7 Å². The van der Waals surface area contributed by atoms with Crippen LogP contribution < -0.4 is 4.90 Å². The first kappa shape index (κ1) is 13.2. The predicted molar refractivity (Wildman–Crippen MR) is 87.2 cm³/mol. The number of benzene rings is 1. The summed E-state index contributed by atoms with van der Waals surface area (Å²) in [4.78, 5) is 2.55. The van der Waals surface area contributed by atoms with Crippen molar-refractivity contribution in [2.24, 2.45) is 7.05 Å². The van der Waals surface area contributed by atoms with Gasteiger partial charge in [0.05, 0.1) is 6.61 Å². The van der Waals surface area contributed by atoms with E-state index in [9.17, 15) is 5.11 Å². The molecule has 1 N–H and O–H groups in total. The smallest absolute Gasteiger partial charge is 0.112 e. The Kier molecular flexibility index (Phi) is 2.68. The Hall–Kier alpha value is -1.48. The highest BCUT2D eigenvalue weighted by Gasteiger charge is 2.35. The second kappa shape index (κ2) is 4.26. The SMILES string of the molecule is Cn1c2c(c3cc(C(C)(C)CO)ccc31)C1CCN2CC1. The monoisotopic (exact) mass is 284 g/mol. The molecule has 4 heterocycles. The summed E-state index contributed by atoms with van der Waals surface area (Å²) in [5.74, 6) is 2.16. The van der Waals surface area contributed by atoms with Gasteiger partial charge in [0.15, 0.2) is 0 Å². The number of aliphatic hydroxyl groups excluding tert-OH is 1. The maximum absolute atomic E-state index is 9.65. The van der Waals surface area contributed by atoms with E-state index in [-0.39, 0.29) is 12.0 Å². The van der Waals surface area contributed by atoms with Gasteiger partial charge in [-0.2, -0.15) is 0 Å². The molecule has 21 heavy (non-hydrogen) atoms. The number of rotatable bonds is 2. The molecule has 3 aliphatic rings. The van der Waals surface area contributed by atoms with Crippen molar-refractivity contribution in [3.63, 3.8) is 0 Å². The third-order valence-corrected chi connectivity index (χ3v) is 5.59. The molecule has 0 atom stereocenters. The van der Waals surface area contributed by atoms with Crippen LogP contribution in [0, 0.1) is 0 Å². The molecule has 1 aromatic heterocycles. The molecular weight excluding hydrogens is 260 g/mol. The maximum Gasteiger partial charge on any atom is 0.112 e. The lowest BCUT2D eigenvalue weighted by Gasteiger charge is -2.41. The molecule has 112 valence electrons. The summed E-state index contributed by atoms with van der Waals surface area (Å²) in [6, 6.07) is 6.74. The molecule has 0 radical (unpaired) electrons. The number of aryl methyl sites for hydroxylation is 1. The van der Waals surface area contributed by atoms with Crippen LogP contribution in [0.25, 0.3) is 10.9 Å². The maximum atomic E-state index is 9.65. The minimum Gasteiger partial charge on any atom is -0.395 e. The molecule has 3 nitrogen and oxygen atoms in total. The zero-order valence-corrected chi connectivity index (χ0v) is 13.2.